The standard InChI is InChI=1S/C34H65N3O4S/c1-24(2)32(41-42(38,39)40)14-9-25(3)29-12-13-30-28-11-10-26-23-27(37-22-8-21-36-20-7-6-19-35)15-17-33(26,4)31(28)16-18-34(29,30)5/h24-32,36-37H,6-23,35H2,1-5H3,(H,38,39,40)/t25?,26-,27-,28?,29+,30?,31?,32?,33-,34+/m0/s1. The highest BCUT2D eigenvalue weighted by Gasteiger charge is 2.60. The average molecular weight is 612 g/mol. The number of fused-ring (bicyclic) bond motifs is 5. The highest BCUT2D eigenvalue weighted by atomic mass is 32.3. The molecule has 0 aromatic carbocycles. The summed E-state index contributed by atoms with van der Waals surface area (Å²) in [5.74, 6) is 4.76. The summed E-state index contributed by atoms with van der Waals surface area (Å²) in [5.41, 5.74) is 6.50. The van der Waals surface area contributed by atoms with E-state index in [1.165, 1.54) is 70.6 Å². The molecule has 4 rings (SSSR count). The van der Waals surface area contributed by atoms with Gasteiger partial charge in [-0.05, 0) is 168 Å². The summed E-state index contributed by atoms with van der Waals surface area (Å²) in [5, 5.41) is 7.49. The predicted octanol–water partition coefficient (Wildman–Crippen LogP) is 6.58. The zero-order valence-electron chi connectivity index (χ0n) is 27.6. The Morgan fingerprint density at radius 2 is 1.60 bits per heavy atom. The second-order valence-electron chi connectivity index (χ2n) is 15.8. The third kappa shape index (κ3) is 8.12. The third-order valence-electron chi connectivity index (χ3n) is 13.1. The van der Waals surface area contributed by atoms with E-state index in [9.17, 15) is 13.0 Å². The van der Waals surface area contributed by atoms with Crippen molar-refractivity contribution in [2.24, 2.45) is 58.0 Å². The third-order valence-corrected chi connectivity index (χ3v) is 13.6. The van der Waals surface area contributed by atoms with Gasteiger partial charge in [-0.15, -0.1) is 0 Å². The molecule has 7 nitrogen and oxygen atoms in total. The van der Waals surface area contributed by atoms with Gasteiger partial charge in [-0.1, -0.05) is 34.6 Å². The number of unbranched alkanes of at least 4 members (excludes halogenated alkanes) is 1. The van der Waals surface area contributed by atoms with Crippen molar-refractivity contribution in [3.63, 3.8) is 0 Å². The molecule has 5 N–H and O–H groups in total. The van der Waals surface area contributed by atoms with Crippen LogP contribution in [-0.4, -0.2) is 51.3 Å². The summed E-state index contributed by atoms with van der Waals surface area (Å²) < 4.78 is 37.1. The Morgan fingerprint density at radius 1 is 0.881 bits per heavy atom. The van der Waals surface area contributed by atoms with E-state index < -0.39 is 16.5 Å². The smallest absolute Gasteiger partial charge is 0.330 e. The normalized spacial score (nSPS) is 38.1. The van der Waals surface area contributed by atoms with Crippen molar-refractivity contribution in [2.75, 3.05) is 26.2 Å². The monoisotopic (exact) mass is 611 g/mol. The molecule has 246 valence electrons. The largest absolute Gasteiger partial charge is 0.397 e. The van der Waals surface area contributed by atoms with Crippen molar-refractivity contribution in [1.82, 2.24) is 10.6 Å². The lowest BCUT2D eigenvalue weighted by Gasteiger charge is -2.61. The number of nitrogens with two attached hydrogens (primary N) is 1. The van der Waals surface area contributed by atoms with Gasteiger partial charge in [0.15, 0.2) is 0 Å². The summed E-state index contributed by atoms with van der Waals surface area (Å²) in [4.78, 5) is 0. The quantitative estimate of drug-likeness (QED) is 0.115. The van der Waals surface area contributed by atoms with Crippen LogP contribution in [0, 0.1) is 52.3 Å². The van der Waals surface area contributed by atoms with Gasteiger partial charge >= 0.3 is 10.4 Å². The molecule has 0 heterocycles. The van der Waals surface area contributed by atoms with Crippen molar-refractivity contribution in [3.8, 4) is 0 Å². The lowest BCUT2D eigenvalue weighted by atomic mass is 9.44. The van der Waals surface area contributed by atoms with Gasteiger partial charge in [-0.2, -0.15) is 8.42 Å². The topological polar surface area (TPSA) is 114 Å². The molecule has 4 fully saturated rings. The fourth-order valence-electron chi connectivity index (χ4n) is 10.7. The lowest BCUT2D eigenvalue weighted by molar-refractivity contribution is -0.118. The lowest BCUT2D eigenvalue weighted by Crippen LogP contribution is -2.55. The maximum atomic E-state index is 11.4. The first kappa shape index (κ1) is 34.6. The average Bonchev–Trinajstić information content (AvgIpc) is 3.29. The van der Waals surface area contributed by atoms with Crippen LogP contribution in [0.3, 0.4) is 0 Å². The van der Waals surface area contributed by atoms with Gasteiger partial charge < -0.3 is 16.4 Å². The molecule has 0 aromatic rings. The molecule has 5 unspecified atom stereocenters. The van der Waals surface area contributed by atoms with E-state index in [-0.39, 0.29) is 5.92 Å². The minimum Gasteiger partial charge on any atom is -0.330 e. The molecule has 8 heteroatoms. The molecule has 0 radical (unpaired) electrons. The van der Waals surface area contributed by atoms with Gasteiger partial charge in [0.25, 0.3) is 0 Å². The molecule has 0 aliphatic heterocycles. The first-order valence-electron chi connectivity index (χ1n) is 17.7. The van der Waals surface area contributed by atoms with Gasteiger partial charge in [0.1, 0.15) is 0 Å². The van der Waals surface area contributed by atoms with Gasteiger partial charge in [-0.3, -0.25) is 4.55 Å². The molecule has 10 atom stereocenters. The van der Waals surface area contributed by atoms with Crippen molar-refractivity contribution in [3.05, 3.63) is 0 Å². The minimum absolute atomic E-state index is 0.0521. The molecule has 0 saturated heterocycles. The van der Waals surface area contributed by atoms with Crippen LogP contribution in [0.2, 0.25) is 0 Å². The van der Waals surface area contributed by atoms with Crippen LogP contribution in [0.25, 0.3) is 0 Å². The summed E-state index contributed by atoms with van der Waals surface area (Å²) in [7, 11) is -4.42. The second kappa shape index (κ2) is 14.9. The van der Waals surface area contributed by atoms with Crippen LogP contribution in [-0.2, 0) is 14.6 Å². The SMILES string of the molecule is CC(C)C(CCC(C)[C@H]1CCC2C3CC[C@H]4C[C@@H](NCCCNCCCCN)CC[C@]4(C)C3CC[C@@]21C)OS(=O)(=O)O. The van der Waals surface area contributed by atoms with Gasteiger partial charge in [0, 0.05) is 6.04 Å². The number of hydrogen-bond donors (Lipinski definition) is 4. The Labute approximate surface area is 258 Å². The number of nitrogens with one attached hydrogen (secondary N) is 2. The summed E-state index contributed by atoms with van der Waals surface area (Å²) >= 11 is 0. The molecule has 0 bridgehead atoms. The predicted molar refractivity (Wildman–Crippen MR) is 172 cm³/mol. The Morgan fingerprint density at radius 3 is 2.31 bits per heavy atom. The van der Waals surface area contributed by atoms with E-state index in [0.717, 1.165) is 62.7 Å². The van der Waals surface area contributed by atoms with Crippen molar-refractivity contribution >= 4 is 10.4 Å². The van der Waals surface area contributed by atoms with Crippen LogP contribution in [0.15, 0.2) is 0 Å². The van der Waals surface area contributed by atoms with Crippen LogP contribution < -0.4 is 16.4 Å². The fraction of sp³-hybridized carbons (Fsp3) is 1.00. The summed E-state index contributed by atoms with van der Waals surface area (Å²) in [6.45, 7) is 15.7. The van der Waals surface area contributed by atoms with Gasteiger partial charge in [-0.25, -0.2) is 4.18 Å². The first-order valence-corrected chi connectivity index (χ1v) is 19.1. The van der Waals surface area contributed by atoms with Gasteiger partial charge in [0.2, 0.25) is 0 Å². The van der Waals surface area contributed by atoms with Crippen molar-refractivity contribution in [2.45, 2.75) is 137 Å². The van der Waals surface area contributed by atoms with Crippen molar-refractivity contribution in [1.29, 1.82) is 0 Å². The zero-order valence-corrected chi connectivity index (χ0v) is 28.4. The highest BCUT2D eigenvalue weighted by molar-refractivity contribution is 7.80. The molecule has 0 amide bonds. The molecular weight excluding hydrogens is 546 g/mol. The molecule has 0 spiro atoms. The van der Waals surface area contributed by atoms with E-state index in [4.69, 9.17) is 9.92 Å². The molecular formula is C34H65N3O4S. The van der Waals surface area contributed by atoms with E-state index in [1.807, 2.05) is 13.8 Å². The van der Waals surface area contributed by atoms with E-state index in [2.05, 4.69) is 31.4 Å². The van der Waals surface area contributed by atoms with Crippen LogP contribution in [0.1, 0.15) is 125 Å². The second-order valence-corrected chi connectivity index (χ2v) is 16.8. The van der Waals surface area contributed by atoms with E-state index in [1.54, 1.807) is 0 Å². The maximum absolute atomic E-state index is 11.4. The Kier molecular flexibility index (Phi) is 12.3. The molecule has 4 aliphatic rings. The molecule has 0 aromatic heterocycles. The van der Waals surface area contributed by atoms with Crippen LogP contribution >= 0.6 is 0 Å². The highest BCUT2D eigenvalue weighted by Crippen LogP contribution is 2.68. The molecule has 42 heavy (non-hydrogen) atoms. The summed E-state index contributed by atoms with van der Waals surface area (Å²) in [6, 6.07) is 0.696. The first-order chi connectivity index (χ1) is 19.9. The van der Waals surface area contributed by atoms with Crippen molar-refractivity contribution < 1.29 is 17.2 Å². The van der Waals surface area contributed by atoms with Crippen LogP contribution in [0.5, 0.6) is 0 Å². The minimum atomic E-state index is -4.42. The van der Waals surface area contributed by atoms with Crippen LogP contribution in [0.4, 0.5) is 0 Å². The van der Waals surface area contributed by atoms with E-state index >= 15 is 0 Å². The Bertz CT molecular complexity index is 947. The Hall–Kier alpha value is -0.250. The molecule has 4 saturated carbocycles. The van der Waals surface area contributed by atoms with Gasteiger partial charge in [0.05, 0.1) is 6.10 Å². The summed E-state index contributed by atoms with van der Waals surface area (Å²) in [6.07, 6.45) is 17.0. The number of hydrogen-bond acceptors (Lipinski definition) is 6. The Balaban J connectivity index is 1.28. The number of rotatable bonds is 16. The fourth-order valence-corrected chi connectivity index (χ4v) is 11.4. The van der Waals surface area contributed by atoms with E-state index in [0.29, 0.717) is 35.1 Å². The molecule has 4 aliphatic carbocycles. The maximum Gasteiger partial charge on any atom is 0.397 e. The zero-order chi connectivity index (χ0) is 30.5.